The van der Waals surface area contributed by atoms with Crippen LogP contribution in [0.4, 0.5) is 0 Å². The smallest absolute Gasteiger partial charge is 0.137 e. The SMILES string of the molecule is COc1ccccc1/C=C/CNCc1ccc(Cn2cncn2)cc1. The minimum Gasteiger partial charge on any atom is -0.496 e. The number of aromatic nitrogens is 3. The maximum atomic E-state index is 5.34. The van der Waals surface area contributed by atoms with E-state index in [1.807, 2.05) is 28.9 Å². The summed E-state index contributed by atoms with van der Waals surface area (Å²) in [5.74, 6) is 0.890. The van der Waals surface area contributed by atoms with Crippen molar-refractivity contribution in [3.63, 3.8) is 0 Å². The third-order valence-electron chi connectivity index (χ3n) is 3.86. The lowest BCUT2D eigenvalue weighted by Crippen LogP contribution is -2.12. The van der Waals surface area contributed by atoms with Crippen molar-refractivity contribution >= 4 is 6.08 Å². The number of nitrogens with zero attached hydrogens (tertiary/aromatic N) is 3. The lowest BCUT2D eigenvalue weighted by Gasteiger charge is -2.06. The zero-order chi connectivity index (χ0) is 17.3. The second-order valence-corrected chi connectivity index (χ2v) is 5.68. The van der Waals surface area contributed by atoms with Crippen molar-refractivity contribution in [1.29, 1.82) is 0 Å². The van der Waals surface area contributed by atoms with Crippen molar-refractivity contribution in [1.82, 2.24) is 20.1 Å². The summed E-state index contributed by atoms with van der Waals surface area (Å²) in [4.78, 5) is 3.95. The summed E-state index contributed by atoms with van der Waals surface area (Å²) in [5.41, 5.74) is 3.56. The molecular weight excluding hydrogens is 312 g/mol. The van der Waals surface area contributed by atoms with E-state index in [0.717, 1.165) is 30.9 Å². The first-order valence-corrected chi connectivity index (χ1v) is 8.25. The fourth-order valence-corrected chi connectivity index (χ4v) is 2.55. The summed E-state index contributed by atoms with van der Waals surface area (Å²) in [6.45, 7) is 2.38. The molecule has 0 saturated carbocycles. The van der Waals surface area contributed by atoms with Crippen LogP contribution in [0.5, 0.6) is 5.75 Å². The van der Waals surface area contributed by atoms with Gasteiger partial charge in [-0.2, -0.15) is 5.10 Å². The summed E-state index contributed by atoms with van der Waals surface area (Å²) >= 11 is 0. The molecule has 0 atom stereocenters. The van der Waals surface area contributed by atoms with E-state index in [-0.39, 0.29) is 0 Å². The Morgan fingerprint density at radius 2 is 1.88 bits per heavy atom. The van der Waals surface area contributed by atoms with Crippen LogP contribution < -0.4 is 10.1 Å². The average molecular weight is 334 g/mol. The predicted octanol–water partition coefficient (Wildman–Crippen LogP) is 3.14. The first-order valence-electron chi connectivity index (χ1n) is 8.25. The first kappa shape index (κ1) is 16.9. The van der Waals surface area contributed by atoms with Crippen LogP contribution in [0.25, 0.3) is 6.08 Å². The largest absolute Gasteiger partial charge is 0.496 e. The summed E-state index contributed by atoms with van der Waals surface area (Å²) in [7, 11) is 1.69. The Bertz CT molecular complexity index is 795. The van der Waals surface area contributed by atoms with Crippen molar-refractivity contribution in [3.8, 4) is 5.75 Å². The minimum atomic E-state index is 0.745. The van der Waals surface area contributed by atoms with Crippen LogP contribution in [0.3, 0.4) is 0 Å². The van der Waals surface area contributed by atoms with Gasteiger partial charge in [0, 0.05) is 18.7 Å². The van der Waals surface area contributed by atoms with E-state index in [1.54, 1.807) is 19.8 Å². The van der Waals surface area contributed by atoms with Crippen molar-refractivity contribution in [2.45, 2.75) is 13.1 Å². The number of ether oxygens (including phenoxy) is 1. The molecule has 1 heterocycles. The van der Waals surface area contributed by atoms with Gasteiger partial charge < -0.3 is 10.1 Å². The molecule has 3 aromatic rings. The molecule has 0 aliphatic carbocycles. The number of nitrogens with one attached hydrogen (secondary N) is 1. The van der Waals surface area contributed by atoms with Crippen LogP contribution in [-0.4, -0.2) is 28.4 Å². The molecule has 0 saturated heterocycles. The molecule has 5 heteroatoms. The van der Waals surface area contributed by atoms with E-state index < -0.39 is 0 Å². The van der Waals surface area contributed by atoms with E-state index in [2.05, 4.69) is 51.8 Å². The molecule has 5 nitrogen and oxygen atoms in total. The minimum absolute atomic E-state index is 0.745. The molecule has 1 N–H and O–H groups in total. The molecule has 0 bridgehead atoms. The molecule has 0 aliphatic rings. The van der Waals surface area contributed by atoms with E-state index in [0.29, 0.717) is 0 Å². The van der Waals surface area contributed by atoms with Crippen LogP contribution in [0.15, 0.2) is 67.3 Å². The molecule has 0 aliphatic heterocycles. The van der Waals surface area contributed by atoms with Gasteiger partial charge in [0.2, 0.25) is 0 Å². The van der Waals surface area contributed by atoms with Crippen LogP contribution >= 0.6 is 0 Å². The zero-order valence-corrected chi connectivity index (χ0v) is 14.3. The average Bonchev–Trinajstić information content (AvgIpc) is 3.16. The number of para-hydroxylation sites is 1. The third kappa shape index (κ3) is 5.02. The van der Waals surface area contributed by atoms with Crippen molar-refractivity contribution in [2.75, 3.05) is 13.7 Å². The number of benzene rings is 2. The fraction of sp³-hybridized carbons (Fsp3) is 0.200. The quantitative estimate of drug-likeness (QED) is 0.643. The van der Waals surface area contributed by atoms with Gasteiger partial charge in [-0.25, -0.2) is 9.67 Å². The highest BCUT2D eigenvalue weighted by molar-refractivity contribution is 5.57. The number of hydrogen-bond donors (Lipinski definition) is 1. The number of rotatable bonds is 8. The molecule has 2 aromatic carbocycles. The van der Waals surface area contributed by atoms with Crippen molar-refractivity contribution in [3.05, 3.63) is 84.0 Å². The van der Waals surface area contributed by atoms with Gasteiger partial charge in [0.15, 0.2) is 0 Å². The van der Waals surface area contributed by atoms with Gasteiger partial charge in [-0.15, -0.1) is 0 Å². The van der Waals surface area contributed by atoms with Crippen LogP contribution in [0.2, 0.25) is 0 Å². The lowest BCUT2D eigenvalue weighted by atomic mass is 10.1. The fourth-order valence-electron chi connectivity index (χ4n) is 2.55. The summed E-state index contributed by atoms with van der Waals surface area (Å²) in [6.07, 6.45) is 7.46. The van der Waals surface area contributed by atoms with Crippen LogP contribution in [0.1, 0.15) is 16.7 Å². The Morgan fingerprint density at radius 3 is 2.64 bits per heavy atom. The van der Waals surface area contributed by atoms with Crippen molar-refractivity contribution < 1.29 is 4.74 Å². The van der Waals surface area contributed by atoms with E-state index in [9.17, 15) is 0 Å². The van der Waals surface area contributed by atoms with Gasteiger partial charge in [-0.3, -0.25) is 0 Å². The molecule has 0 fully saturated rings. The zero-order valence-electron chi connectivity index (χ0n) is 14.3. The molecular formula is C20H22N4O. The second-order valence-electron chi connectivity index (χ2n) is 5.68. The maximum Gasteiger partial charge on any atom is 0.137 e. The summed E-state index contributed by atoms with van der Waals surface area (Å²) in [5, 5.41) is 7.54. The third-order valence-corrected chi connectivity index (χ3v) is 3.86. The highest BCUT2D eigenvalue weighted by Crippen LogP contribution is 2.18. The lowest BCUT2D eigenvalue weighted by molar-refractivity contribution is 0.414. The monoisotopic (exact) mass is 334 g/mol. The van der Waals surface area contributed by atoms with Gasteiger partial charge in [-0.1, -0.05) is 54.6 Å². The summed E-state index contributed by atoms with van der Waals surface area (Å²) < 4.78 is 7.15. The standard InChI is InChI=1S/C20H22N4O/c1-25-20-7-3-2-5-19(20)6-4-12-21-13-17-8-10-18(11-9-17)14-24-16-22-15-23-24/h2-11,15-16,21H,12-14H2,1H3/b6-4+. The molecule has 128 valence electrons. The Labute approximate surface area is 148 Å². The van der Waals surface area contributed by atoms with Crippen LogP contribution in [0, 0.1) is 0 Å². The maximum absolute atomic E-state index is 5.34. The molecule has 25 heavy (non-hydrogen) atoms. The molecule has 0 spiro atoms. The predicted molar refractivity (Wildman–Crippen MR) is 99.3 cm³/mol. The first-order chi connectivity index (χ1) is 12.3. The Balaban J connectivity index is 1.45. The van der Waals surface area contributed by atoms with E-state index in [4.69, 9.17) is 4.74 Å². The molecule has 0 radical (unpaired) electrons. The van der Waals surface area contributed by atoms with Gasteiger partial charge in [0.25, 0.3) is 0 Å². The Hall–Kier alpha value is -2.92. The van der Waals surface area contributed by atoms with Gasteiger partial charge in [0.1, 0.15) is 18.4 Å². The number of hydrogen-bond acceptors (Lipinski definition) is 4. The van der Waals surface area contributed by atoms with Crippen LogP contribution in [-0.2, 0) is 13.1 Å². The van der Waals surface area contributed by atoms with Gasteiger partial charge >= 0.3 is 0 Å². The summed E-state index contributed by atoms with van der Waals surface area (Å²) in [6, 6.07) is 16.5. The molecule has 1 aromatic heterocycles. The molecule has 3 rings (SSSR count). The topological polar surface area (TPSA) is 52.0 Å². The Morgan fingerprint density at radius 1 is 1.08 bits per heavy atom. The highest BCUT2D eigenvalue weighted by Gasteiger charge is 1.98. The highest BCUT2D eigenvalue weighted by atomic mass is 16.5. The van der Waals surface area contributed by atoms with Gasteiger partial charge in [0.05, 0.1) is 13.7 Å². The molecule has 0 unspecified atom stereocenters. The number of methoxy groups -OCH3 is 1. The second kappa shape index (κ2) is 8.80. The Kier molecular flexibility index (Phi) is 5.96. The normalized spacial score (nSPS) is 11.1. The van der Waals surface area contributed by atoms with E-state index >= 15 is 0 Å². The van der Waals surface area contributed by atoms with E-state index in [1.165, 1.54) is 11.1 Å². The van der Waals surface area contributed by atoms with Gasteiger partial charge in [-0.05, 0) is 17.2 Å². The van der Waals surface area contributed by atoms with Crippen molar-refractivity contribution in [2.24, 2.45) is 0 Å². The molecule has 0 amide bonds.